The molecule has 112 valence electrons. The van der Waals surface area contributed by atoms with Crippen LogP contribution in [0.15, 0.2) is 18.2 Å². The first kappa shape index (κ1) is 14.2. The van der Waals surface area contributed by atoms with Crippen LogP contribution in [0, 0.1) is 17.2 Å². The molecular weight excluding hydrogens is 266 g/mol. The molecule has 0 aliphatic heterocycles. The first-order chi connectivity index (χ1) is 10.2. The maximum absolute atomic E-state index is 9.48. The fraction of sp³-hybridized carbons (Fsp3) is 0.588. The molecule has 0 aromatic heterocycles. The van der Waals surface area contributed by atoms with Gasteiger partial charge in [0.15, 0.2) is 11.5 Å². The van der Waals surface area contributed by atoms with Crippen molar-refractivity contribution < 1.29 is 14.6 Å². The molecule has 0 saturated heterocycles. The first-order valence-corrected chi connectivity index (χ1v) is 7.61. The number of rotatable bonds is 5. The van der Waals surface area contributed by atoms with E-state index in [0.29, 0.717) is 5.75 Å². The fourth-order valence-electron chi connectivity index (χ4n) is 3.34. The summed E-state index contributed by atoms with van der Waals surface area (Å²) in [6, 6.07) is 8.08. The van der Waals surface area contributed by atoms with Crippen LogP contribution in [-0.4, -0.2) is 24.9 Å². The molecule has 3 rings (SSSR count). The fourth-order valence-corrected chi connectivity index (χ4v) is 3.34. The molecule has 1 aromatic rings. The van der Waals surface area contributed by atoms with E-state index < -0.39 is 5.41 Å². The lowest BCUT2D eigenvalue weighted by Crippen LogP contribution is -2.14. The molecule has 2 atom stereocenters. The molecule has 0 unspecified atom stereocenters. The maximum atomic E-state index is 9.48. The Kier molecular flexibility index (Phi) is 3.77. The summed E-state index contributed by atoms with van der Waals surface area (Å²) >= 11 is 0. The summed E-state index contributed by atoms with van der Waals surface area (Å²) in [4.78, 5) is 0. The van der Waals surface area contributed by atoms with Crippen molar-refractivity contribution in [1.82, 2.24) is 0 Å². The van der Waals surface area contributed by atoms with Gasteiger partial charge in [-0.15, -0.1) is 0 Å². The molecule has 21 heavy (non-hydrogen) atoms. The Balaban J connectivity index is 1.88. The summed E-state index contributed by atoms with van der Waals surface area (Å²) in [6.07, 6.45) is 5.55. The third kappa shape index (κ3) is 2.47. The maximum Gasteiger partial charge on any atom is 0.161 e. The van der Waals surface area contributed by atoms with Crippen molar-refractivity contribution in [2.24, 2.45) is 5.92 Å². The standard InChI is InChI=1S/C17H21NO3/c1-20-15-7-6-12(17(11-18)9-13(17)10-19)8-16(15)21-14-4-2-3-5-14/h6-8,13-14,19H,2-5,9-10H2,1H3/t13-,17+/m0/s1. The third-order valence-electron chi connectivity index (χ3n) is 4.80. The van der Waals surface area contributed by atoms with Crippen molar-refractivity contribution in [3.8, 4) is 17.6 Å². The zero-order valence-electron chi connectivity index (χ0n) is 12.3. The number of benzene rings is 1. The van der Waals surface area contributed by atoms with E-state index in [9.17, 15) is 10.4 Å². The Hall–Kier alpha value is -1.73. The second-order valence-electron chi connectivity index (χ2n) is 6.06. The van der Waals surface area contributed by atoms with E-state index in [1.165, 1.54) is 12.8 Å². The van der Waals surface area contributed by atoms with E-state index in [-0.39, 0.29) is 18.6 Å². The molecule has 0 amide bonds. The van der Waals surface area contributed by atoms with Crippen LogP contribution in [0.4, 0.5) is 0 Å². The summed E-state index contributed by atoms with van der Waals surface area (Å²) in [5.41, 5.74) is 0.382. The Bertz CT molecular complexity index is 560. The smallest absolute Gasteiger partial charge is 0.161 e. The number of aliphatic hydroxyl groups excluding tert-OH is 1. The van der Waals surface area contributed by atoms with Gasteiger partial charge < -0.3 is 14.6 Å². The van der Waals surface area contributed by atoms with Gasteiger partial charge in [-0.05, 0) is 49.8 Å². The highest BCUT2D eigenvalue weighted by atomic mass is 16.5. The lowest BCUT2D eigenvalue weighted by molar-refractivity contribution is 0.200. The van der Waals surface area contributed by atoms with Crippen LogP contribution in [0.3, 0.4) is 0 Å². The van der Waals surface area contributed by atoms with Gasteiger partial charge in [0.1, 0.15) is 0 Å². The molecule has 2 fully saturated rings. The van der Waals surface area contributed by atoms with Crippen LogP contribution in [0.1, 0.15) is 37.7 Å². The predicted octanol–water partition coefficient (Wildman–Crippen LogP) is 2.79. The number of aliphatic hydroxyl groups is 1. The van der Waals surface area contributed by atoms with Crippen LogP contribution in [-0.2, 0) is 5.41 Å². The van der Waals surface area contributed by atoms with Crippen molar-refractivity contribution in [2.75, 3.05) is 13.7 Å². The van der Waals surface area contributed by atoms with Crippen LogP contribution >= 0.6 is 0 Å². The predicted molar refractivity (Wildman–Crippen MR) is 78.4 cm³/mol. The van der Waals surface area contributed by atoms with Crippen molar-refractivity contribution in [2.45, 2.75) is 43.6 Å². The summed E-state index contributed by atoms with van der Waals surface area (Å²) in [5, 5.41) is 18.8. The summed E-state index contributed by atoms with van der Waals surface area (Å²) in [6.45, 7) is 0.0540. The van der Waals surface area contributed by atoms with E-state index in [0.717, 1.165) is 30.6 Å². The van der Waals surface area contributed by atoms with Crippen LogP contribution < -0.4 is 9.47 Å². The van der Waals surface area contributed by atoms with Gasteiger partial charge in [0.25, 0.3) is 0 Å². The molecule has 4 nitrogen and oxygen atoms in total. The van der Waals surface area contributed by atoms with Gasteiger partial charge in [0.2, 0.25) is 0 Å². The van der Waals surface area contributed by atoms with E-state index in [1.54, 1.807) is 7.11 Å². The molecule has 0 heterocycles. The molecule has 0 bridgehead atoms. The highest BCUT2D eigenvalue weighted by molar-refractivity contribution is 5.50. The van der Waals surface area contributed by atoms with Crippen LogP contribution in [0.5, 0.6) is 11.5 Å². The second-order valence-corrected chi connectivity index (χ2v) is 6.06. The number of ether oxygens (including phenoxy) is 2. The summed E-state index contributed by atoms with van der Waals surface area (Å²) in [7, 11) is 1.63. The van der Waals surface area contributed by atoms with Crippen molar-refractivity contribution in [3.05, 3.63) is 23.8 Å². The van der Waals surface area contributed by atoms with E-state index in [1.807, 2.05) is 18.2 Å². The molecule has 2 aliphatic carbocycles. The minimum atomic E-state index is -0.547. The molecule has 1 N–H and O–H groups in total. The Morgan fingerprint density at radius 1 is 1.33 bits per heavy atom. The molecule has 0 spiro atoms. The third-order valence-corrected chi connectivity index (χ3v) is 4.80. The van der Waals surface area contributed by atoms with E-state index in [4.69, 9.17) is 9.47 Å². The molecule has 0 radical (unpaired) electrons. The summed E-state index contributed by atoms with van der Waals surface area (Å²) in [5.74, 6) is 1.47. The molecule has 2 aliphatic rings. The van der Waals surface area contributed by atoms with Gasteiger partial charge in [0.05, 0.1) is 24.7 Å². The monoisotopic (exact) mass is 287 g/mol. The van der Waals surface area contributed by atoms with Gasteiger partial charge in [0, 0.05) is 12.5 Å². The zero-order chi connectivity index (χ0) is 14.9. The Morgan fingerprint density at radius 2 is 2.10 bits per heavy atom. The summed E-state index contributed by atoms with van der Waals surface area (Å²) < 4.78 is 11.5. The minimum Gasteiger partial charge on any atom is -0.493 e. The lowest BCUT2D eigenvalue weighted by atomic mass is 9.94. The SMILES string of the molecule is COc1ccc([C@]2(C#N)C[C@H]2CO)cc1OC1CCCC1. The van der Waals surface area contributed by atoms with Crippen molar-refractivity contribution >= 4 is 0 Å². The number of nitrogens with zero attached hydrogens (tertiary/aromatic N) is 1. The van der Waals surface area contributed by atoms with Gasteiger partial charge in [-0.1, -0.05) is 6.07 Å². The molecule has 4 heteroatoms. The highest BCUT2D eigenvalue weighted by Gasteiger charge is 2.56. The van der Waals surface area contributed by atoms with Gasteiger partial charge in [-0.2, -0.15) is 5.26 Å². The van der Waals surface area contributed by atoms with Gasteiger partial charge >= 0.3 is 0 Å². The average molecular weight is 287 g/mol. The minimum absolute atomic E-state index is 0.0372. The molecular formula is C17H21NO3. The Morgan fingerprint density at radius 3 is 2.67 bits per heavy atom. The van der Waals surface area contributed by atoms with Gasteiger partial charge in [-0.3, -0.25) is 0 Å². The average Bonchev–Trinajstić information content (AvgIpc) is 3.04. The quantitative estimate of drug-likeness (QED) is 0.904. The highest BCUT2D eigenvalue weighted by Crippen LogP contribution is 2.54. The molecule has 1 aromatic carbocycles. The zero-order valence-corrected chi connectivity index (χ0v) is 12.3. The van der Waals surface area contributed by atoms with E-state index in [2.05, 4.69) is 6.07 Å². The van der Waals surface area contributed by atoms with Crippen LogP contribution in [0.25, 0.3) is 0 Å². The number of hydrogen-bond acceptors (Lipinski definition) is 4. The Labute approximate surface area is 125 Å². The number of hydrogen-bond donors (Lipinski definition) is 1. The van der Waals surface area contributed by atoms with Crippen molar-refractivity contribution in [3.63, 3.8) is 0 Å². The van der Waals surface area contributed by atoms with Crippen LogP contribution in [0.2, 0.25) is 0 Å². The van der Waals surface area contributed by atoms with Crippen molar-refractivity contribution in [1.29, 1.82) is 5.26 Å². The normalized spacial score (nSPS) is 28.1. The largest absolute Gasteiger partial charge is 0.493 e. The second kappa shape index (κ2) is 5.57. The number of nitriles is 1. The lowest BCUT2D eigenvalue weighted by Gasteiger charge is -2.18. The number of methoxy groups -OCH3 is 1. The first-order valence-electron chi connectivity index (χ1n) is 7.61. The molecule has 2 saturated carbocycles. The van der Waals surface area contributed by atoms with Gasteiger partial charge in [-0.25, -0.2) is 0 Å². The topological polar surface area (TPSA) is 62.5 Å². The van der Waals surface area contributed by atoms with E-state index >= 15 is 0 Å².